The molecular weight excluding hydrogens is 327 g/mol. The number of carbonyl (C=O) groups is 1. The van der Waals surface area contributed by atoms with Gasteiger partial charge in [-0.15, -0.1) is 0 Å². The number of allylic oxidation sites excluding steroid dienone is 1. The summed E-state index contributed by atoms with van der Waals surface area (Å²) in [5.74, 6) is 0.0965. The lowest BCUT2D eigenvalue weighted by molar-refractivity contribution is -0.137. The molecule has 0 unspecified atom stereocenters. The lowest BCUT2D eigenvalue weighted by Gasteiger charge is -2.28. The van der Waals surface area contributed by atoms with Crippen LogP contribution in [0.4, 0.5) is 13.2 Å². The van der Waals surface area contributed by atoms with Gasteiger partial charge >= 0.3 is 6.18 Å². The van der Waals surface area contributed by atoms with Gasteiger partial charge < -0.3 is 10.1 Å². The monoisotopic (exact) mass is 345 g/mol. The van der Waals surface area contributed by atoms with Gasteiger partial charge in [-0.25, -0.2) is 0 Å². The van der Waals surface area contributed by atoms with Crippen molar-refractivity contribution >= 4 is 23.6 Å². The molecule has 1 saturated carbocycles. The molecule has 1 fully saturated rings. The Morgan fingerprint density at radius 1 is 1.26 bits per heavy atom. The maximum absolute atomic E-state index is 12.9. The van der Waals surface area contributed by atoms with E-state index in [4.69, 9.17) is 11.6 Å². The molecule has 126 valence electrons. The van der Waals surface area contributed by atoms with Crippen LogP contribution in [0.25, 0.3) is 5.70 Å². The number of carbonyl (C=O) groups excluding carboxylic acids is 1. The van der Waals surface area contributed by atoms with E-state index in [1.807, 2.05) is 0 Å². The molecule has 0 aromatic heterocycles. The molecule has 0 heterocycles. The first-order chi connectivity index (χ1) is 10.8. The van der Waals surface area contributed by atoms with Crippen LogP contribution in [0.2, 0.25) is 5.02 Å². The van der Waals surface area contributed by atoms with Crippen LogP contribution in [0.15, 0.2) is 24.3 Å². The summed E-state index contributed by atoms with van der Waals surface area (Å²) < 4.78 is 38.7. The average Bonchev–Trinajstić information content (AvgIpc) is 2.53. The molecular formula is C17H19ClF3NO. The second kappa shape index (κ2) is 7.39. The molecule has 1 aliphatic rings. The highest BCUT2D eigenvalue weighted by Gasteiger charge is 2.31. The van der Waals surface area contributed by atoms with Crippen LogP contribution in [0.1, 0.15) is 43.7 Å². The minimum absolute atomic E-state index is 0.0965. The van der Waals surface area contributed by atoms with Gasteiger partial charge in [0.25, 0.3) is 0 Å². The molecule has 0 aliphatic heterocycles. The number of alkyl halides is 3. The third-order valence-electron chi connectivity index (χ3n) is 4.20. The molecule has 2 rings (SSSR count). The number of aldehydes is 1. The zero-order chi connectivity index (χ0) is 17.0. The summed E-state index contributed by atoms with van der Waals surface area (Å²) in [6.07, 6.45) is 1.54. The molecule has 1 N–H and O–H groups in total. The van der Waals surface area contributed by atoms with Gasteiger partial charge in [-0.3, -0.25) is 0 Å². The second-order valence-electron chi connectivity index (χ2n) is 5.79. The molecule has 1 aliphatic carbocycles. The highest BCUT2D eigenvalue weighted by Crippen LogP contribution is 2.34. The standard InChI is InChI=1S/C17H19ClF3NO/c1-2-16(22-13-6-3-11(10-23)4-7-13)14-9-12(17(19,20)21)5-8-15(14)18/h2,5,8-11,13,22H,3-4,6-7H2,1H3/t11-,13-. The number of hydrogen-bond acceptors (Lipinski definition) is 2. The number of nitrogens with one attached hydrogen (secondary N) is 1. The van der Waals surface area contributed by atoms with Crippen molar-refractivity contribution in [2.75, 3.05) is 0 Å². The quantitative estimate of drug-likeness (QED) is 0.772. The Labute approximate surface area is 138 Å². The Morgan fingerprint density at radius 3 is 2.43 bits per heavy atom. The van der Waals surface area contributed by atoms with Crippen molar-refractivity contribution in [2.24, 2.45) is 5.92 Å². The van der Waals surface area contributed by atoms with Crippen molar-refractivity contribution in [3.8, 4) is 0 Å². The van der Waals surface area contributed by atoms with E-state index < -0.39 is 11.7 Å². The summed E-state index contributed by atoms with van der Waals surface area (Å²) in [4.78, 5) is 10.8. The van der Waals surface area contributed by atoms with E-state index in [1.165, 1.54) is 6.07 Å². The lowest BCUT2D eigenvalue weighted by atomic mass is 9.86. The Morgan fingerprint density at radius 2 is 1.91 bits per heavy atom. The largest absolute Gasteiger partial charge is 0.416 e. The molecule has 1 aromatic rings. The Bertz CT molecular complexity index is 590. The summed E-state index contributed by atoms with van der Waals surface area (Å²) in [7, 11) is 0. The first kappa shape index (κ1) is 17.9. The summed E-state index contributed by atoms with van der Waals surface area (Å²) in [5, 5.41) is 3.56. The minimum atomic E-state index is -4.40. The Hall–Kier alpha value is -1.49. The Balaban J connectivity index is 2.17. The fourth-order valence-corrected chi connectivity index (χ4v) is 3.06. The van der Waals surface area contributed by atoms with Crippen molar-refractivity contribution in [3.05, 3.63) is 40.4 Å². The zero-order valence-electron chi connectivity index (χ0n) is 12.8. The summed E-state index contributed by atoms with van der Waals surface area (Å²) >= 11 is 6.09. The van der Waals surface area contributed by atoms with Gasteiger partial charge in [0.15, 0.2) is 0 Å². The van der Waals surface area contributed by atoms with Crippen LogP contribution in [0, 0.1) is 5.92 Å². The molecule has 0 radical (unpaired) electrons. The molecule has 0 bridgehead atoms. The predicted molar refractivity (Wildman–Crippen MR) is 85.1 cm³/mol. The SMILES string of the molecule is CC=C(N[C@H]1CC[C@H](C=O)CC1)c1cc(C(F)(F)F)ccc1Cl. The second-order valence-corrected chi connectivity index (χ2v) is 6.19. The zero-order valence-corrected chi connectivity index (χ0v) is 13.5. The van der Waals surface area contributed by atoms with E-state index in [9.17, 15) is 18.0 Å². The fourth-order valence-electron chi connectivity index (χ4n) is 2.84. The Kier molecular flexibility index (Phi) is 5.74. The van der Waals surface area contributed by atoms with Gasteiger partial charge in [0, 0.05) is 28.2 Å². The van der Waals surface area contributed by atoms with E-state index >= 15 is 0 Å². The normalized spacial score (nSPS) is 22.7. The molecule has 2 nitrogen and oxygen atoms in total. The summed E-state index contributed by atoms with van der Waals surface area (Å²) in [5.41, 5.74) is 0.222. The summed E-state index contributed by atoms with van der Waals surface area (Å²) in [6, 6.07) is 3.47. The first-order valence-corrected chi connectivity index (χ1v) is 7.98. The number of halogens is 4. The number of benzene rings is 1. The molecule has 6 heteroatoms. The van der Waals surface area contributed by atoms with Crippen molar-refractivity contribution < 1.29 is 18.0 Å². The van der Waals surface area contributed by atoms with E-state index in [0.717, 1.165) is 44.1 Å². The van der Waals surface area contributed by atoms with E-state index in [1.54, 1.807) is 13.0 Å². The smallest absolute Gasteiger partial charge is 0.382 e. The van der Waals surface area contributed by atoms with Crippen LogP contribution in [-0.4, -0.2) is 12.3 Å². The molecule has 0 saturated heterocycles. The van der Waals surface area contributed by atoms with Gasteiger partial charge in [-0.2, -0.15) is 13.2 Å². The third kappa shape index (κ3) is 4.50. The van der Waals surface area contributed by atoms with Crippen LogP contribution in [0.5, 0.6) is 0 Å². The van der Waals surface area contributed by atoms with Crippen molar-refractivity contribution in [1.29, 1.82) is 0 Å². The van der Waals surface area contributed by atoms with Gasteiger partial charge in [-0.05, 0) is 50.8 Å². The fraction of sp³-hybridized carbons (Fsp3) is 0.471. The van der Waals surface area contributed by atoms with Crippen LogP contribution < -0.4 is 5.32 Å². The van der Waals surface area contributed by atoms with Crippen LogP contribution >= 0.6 is 11.6 Å². The summed E-state index contributed by atoms with van der Waals surface area (Å²) in [6.45, 7) is 1.76. The average molecular weight is 346 g/mol. The van der Waals surface area contributed by atoms with Gasteiger partial charge in [0.05, 0.1) is 5.56 Å². The highest BCUT2D eigenvalue weighted by atomic mass is 35.5. The van der Waals surface area contributed by atoms with E-state index in [2.05, 4.69) is 5.32 Å². The van der Waals surface area contributed by atoms with Gasteiger partial charge in [0.1, 0.15) is 6.29 Å². The first-order valence-electron chi connectivity index (χ1n) is 7.60. The minimum Gasteiger partial charge on any atom is -0.382 e. The third-order valence-corrected chi connectivity index (χ3v) is 4.53. The van der Waals surface area contributed by atoms with Crippen molar-refractivity contribution in [2.45, 2.75) is 44.8 Å². The molecule has 0 spiro atoms. The number of rotatable bonds is 4. The molecule has 0 atom stereocenters. The van der Waals surface area contributed by atoms with Gasteiger partial charge in [-0.1, -0.05) is 17.7 Å². The van der Waals surface area contributed by atoms with E-state index in [0.29, 0.717) is 11.3 Å². The van der Waals surface area contributed by atoms with Crippen LogP contribution in [-0.2, 0) is 11.0 Å². The van der Waals surface area contributed by atoms with Crippen molar-refractivity contribution in [1.82, 2.24) is 5.32 Å². The molecule has 23 heavy (non-hydrogen) atoms. The lowest BCUT2D eigenvalue weighted by Crippen LogP contribution is -2.32. The number of hydrogen-bond donors (Lipinski definition) is 1. The maximum Gasteiger partial charge on any atom is 0.416 e. The van der Waals surface area contributed by atoms with Crippen molar-refractivity contribution in [3.63, 3.8) is 0 Å². The molecule has 0 amide bonds. The highest BCUT2D eigenvalue weighted by molar-refractivity contribution is 6.32. The molecule has 1 aromatic carbocycles. The van der Waals surface area contributed by atoms with Gasteiger partial charge in [0.2, 0.25) is 0 Å². The topological polar surface area (TPSA) is 29.1 Å². The maximum atomic E-state index is 12.9. The van der Waals surface area contributed by atoms with E-state index in [-0.39, 0.29) is 17.0 Å². The predicted octanol–water partition coefficient (Wildman–Crippen LogP) is 5.07. The van der Waals surface area contributed by atoms with Crippen LogP contribution in [0.3, 0.4) is 0 Å².